The number of aliphatic hydroxyl groups is 1. The molecule has 7 heteroatoms. The Morgan fingerprint density at radius 2 is 1.93 bits per heavy atom. The van der Waals surface area contributed by atoms with E-state index in [9.17, 15) is 8.42 Å². The normalized spacial score (nSPS) is 20.1. The van der Waals surface area contributed by atoms with Crippen LogP contribution in [0.25, 0.3) is 0 Å². The molecule has 2 aromatic carbocycles. The predicted molar refractivity (Wildman–Crippen MR) is 115 cm³/mol. The lowest BCUT2D eigenvalue weighted by Gasteiger charge is -2.17. The lowest BCUT2D eigenvalue weighted by atomic mass is 9.99. The van der Waals surface area contributed by atoms with Crippen molar-refractivity contribution >= 4 is 21.4 Å². The van der Waals surface area contributed by atoms with Crippen molar-refractivity contribution < 1.29 is 18.3 Å². The molecule has 0 amide bonds. The van der Waals surface area contributed by atoms with Gasteiger partial charge in [-0.1, -0.05) is 30.7 Å². The van der Waals surface area contributed by atoms with Gasteiger partial charge in [-0.05, 0) is 54.3 Å². The highest BCUT2D eigenvalue weighted by molar-refractivity contribution is 7.91. The molecule has 158 valence electrons. The van der Waals surface area contributed by atoms with Crippen molar-refractivity contribution in [1.29, 1.82) is 0 Å². The van der Waals surface area contributed by atoms with Crippen LogP contribution in [0.3, 0.4) is 0 Å². The van der Waals surface area contributed by atoms with E-state index in [1.54, 1.807) is 12.1 Å². The van der Waals surface area contributed by atoms with Crippen molar-refractivity contribution in [3.8, 4) is 5.75 Å². The maximum absolute atomic E-state index is 12.0. The fourth-order valence-electron chi connectivity index (χ4n) is 3.71. The van der Waals surface area contributed by atoms with Crippen molar-refractivity contribution in [1.82, 2.24) is 4.90 Å². The van der Waals surface area contributed by atoms with Gasteiger partial charge in [0.2, 0.25) is 0 Å². The van der Waals surface area contributed by atoms with Crippen molar-refractivity contribution in [3.05, 3.63) is 59.1 Å². The summed E-state index contributed by atoms with van der Waals surface area (Å²) in [5.74, 6) is 1.38. The molecule has 1 saturated heterocycles. The topological polar surface area (TPSA) is 66.8 Å². The van der Waals surface area contributed by atoms with E-state index in [-0.39, 0.29) is 17.3 Å². The first kappa shape index (κ1) is 22.1. The van der Waals surface area contributed by atoms with Crippen molar-refractivity contribution in [2.24, 2.45) is 11.8 Å². The number of halogens is 1. The van der Waals surface area contributed by atoms with Gasteiger partial charge in [0.15, 0.2) is 9.84 Å². The Bertz CT molecular complexity index is 901. The molecule has 0 saturated carbocycles. The second kappa shape index (κ2) is 9.94. The Balaban J connectivity index is 1.48. The molecule has 0 aliphatic carbocycles. The fourth-order valence-corrected chi connectivity index (χ4v) is 4.95. The number of benzene rings is 2. The molecule has 0 spiro atoms. The molecule has 0 bridgehead atoms. The third-order valence-corrected chi connectivity index (χ3v) is 7.40. The minimum atomic E-state index is -3.43. The molecule has 1 fully saturated rings. The summed E-state index contributed by atoms with van der Waals surface area (Å²) in [5.41, 5.74) is 1.25. The van der Waals surface area contributed by atoms with Crippen LogP contribution in [-0.2, 0) is 16.3 Å². The summed E-state index contributed by atoms with van der Waals surface area (Å²) in [4.78, 5) is 2.67. The Labute approximate surface area is 178 Å². The van der Waals surface area contributed by atoms with Crippen LogP contribution in [0, 0.1) is 11.8 Å². The van der Waals surface area contributed by atoms with E-state index in [1.165, 1.54) is 17.7 Å². The molecular weight excluding hydrogens is 410 g/mol. The molecular formula is C22H28ClNO4S. The largest absolute Gasteiger partial charge is 0.493 e. The maximum atomic E-state index is 12.0. The first-order valence-electron chi connectivity index (χ1n) is 9.90. The van der Waals surface area contributed by atoms with Gasteiger partial charge in [-0.2, -0.15) is 0 Å². The zero-order chi connectivity index (χ0) is 20.9. The fraction of sp³-hybridized carbons (Fsp3) is 0.455. The Morgan fingerprint density at radius 3 is 2.62 bits per heavy atom. The second-order valence-electron chi connectivity index (χ2n) is 7.70. The van der Waals surface area contributed by atoms with Crippen LogP contribution in [0.5, 0.6) is 5.75 Å². The van der Waals surface area contributed by atoms with E-state index >= 15 is 0 Å². The van der Waals surface area contributed by atoms with Gasteiger partial charge in [0, 0.05) is 30.6 Å². The van der Waals surface area contributed by atoms with Crippen LogP contribution in [-0.4, -0.2) is 57.0 Å². The van der Waals surface area contributed by atoms with Crippen LogP contribution < -0.4 is 4.74 Å². The molecule has 1 heterocycles. The zero-order valence-corrected chi connectivity index (χ0v) is 18.2. The maximum Gasteiger partial charge on any atom is 0.180 e. The highest BCUT2D eigenvalue weighted by Gasteiger charge is 2.29. The van der Waals surface area contributed by atoms with Gasteiger partial charge in [-0.15, -0.1) is 0 Å². The molecule has 0 aromatic heterocycles. The Kier molecular flexibility index (Phi) is 7.57. The smallest absolute Gasteiger partial charge is 0.180 e. The summed E-state index contributed by atoms with van der Waals surface area (Å²) < 4.78 is 29.8. The Morgan fingerprint density at radius 1 is 1.17 bits per heavy atom. The van der Waals surface area contributed by atoms with Crippen LogP contribution in [0.2, 0.25) is 5.02 Å². The van der Waals surface area contributed by atoms with E-state index in [2.05, 4.69) is 17.9 Å². The molecule has 2 atom stereocenters. The SMILES string of the molecule is C[C@@H]1CN(CCc2cccc(Cl)c2)C[C@H]1COc1ccc(S(=O)(=O)CCO)cc1. The van der Waals surface area contributed by atoms with Gasteiger partial charge >= 0.3 is 0 Å². The number of hydrogen-bond donors (Lipinski definition) is 1. The standard InChI is InChI=1S/C22H28ClNO4S/c1-17-14-24(10-9-18-3-2-4-20(23)13-18)15-19(17)16-28-21-5-7-22(8-6-21)29(26,27)12-11-25/h2-8,13,17,19,25H,9-12,14-16H2,1H3/t17-,19+/m1/s1. The highest BCUT2D eigenvalue weighted by Crippen LogP contribution is 2.25. The lowest BCUT2D eigenvalue weighted by molar-refractivity contribution is 0.225. The second-order valence-corrected chi connectivity index (χ2v) is 10.2. The van der Waals surface area contributed by atoms with Gasteiger partial charge in [-0.3, -0.25) is 0 Å². The summed E-state index contributed by atoms with van der Waals surface area (Å²) >= 11 is 6.06. The number of sulfone groups is 1. The molecule has 1 aliphatic heterocycles. The van der Waals surface area contributed by atoms with Crippen molar-refractivity contribution in [2.45, 2.75) is 18.2 Å². The summed E-state index contributed by atoms with van der Waals surface area (Å²) in [7, 11) is -3.43. The van der Waals surface area contributed by atoms with Crippen LogP contribution in [0.15, 0.2) is 53.4 Å². The molecule has 3 rings (SSSR count). The minimum absolute atomic E-state index is 0.209. The Hall–Kier alpha value is -1.60. The number of rotatable bonds is 9. The predicted octanol–water partition coefficient (Wildman–Crippen LogP) is 3.30. The molecule has 2 aromatic rings. The van der Waals surface area contributed by atoms with Gasteiger partial charge in [0.25, 0.3) is 0 Å². The first-order valence-corrected chi connectivity index (χ1v) is 11.9. The number of ether oxygens (including phenoxy) is 1. The number of nitrogens with zero attached hydrogens (tertiary/aromatic N) is 1. The van der Waals surface area contributed by atoms with Crippen LogP contribution >= 0.6 is 11.6 Å². The van der Waals surface area contributed by atoms with E-state index in [4.69, 9.17) is 21.4 Å². The number of likely N-dealkylation sites (tertiary alicyclic amines) is 1. The van der Waals surface area contributed by atoms with E-state index < -0.39 is 9.84 Å². The van der Waals surface area contributed by atoms with Crippen molar-refractivity contribution in [2.75, 3.05) is 38.6 Å². The monoisotopic (exact) mass is 437 g/mol. The zero-order valence-electron chi connectivity index (χ0n) is 16.6. The third-order valence-electron chi connectivity index (χ3n) is 5.46. The van der Waals surface area contributed by atoms with Gasteiger partial charge < -0.3 is 14.7 Å². The average molecular weight is 438 g/mol. The molecule has 29 heavy (non-hydrogen) atoms. The van der Waals surface area contributed by atoms with Crippen molar-refractivity contribution in [3.63, 3.8) is 0 Å². The molecule has 1 N–H and O–H groups in total. The summed E-state index contributed by atoms with van der Waals surface area (Å²) in [6, 6.07) is 14.4. The number of hydrogen-bond acceptors (Lipinski definition) is 5. The molecule has 0 unspecified atom stereocenters. The van der Waals surface area contributed by atoms with E-state index in [1.807, 2.05) is 18.2 Å². The minimum Gasteiger partial charge on any atom is -0.493 e. The summed E-state index contributed by atoms with van der Waals surface area (Å²) in [5, 5.41) is 9.65. The summed E-state index contributed by atoms with van der Waals surface area (Å²) in [6.45, 7) is 5.51. The summed E-state index contributed by atoms with van der Waals surface area (Å²) in [6.07, 6.45) is 0.977. The van der Waals surface area contributed by atoms with Gasteiger partial charge in [0.1, 0.15) is 5.75 Å². The van der Waals surface area contributed by atoms with E-state index in [0.29, 0.717) is 24.2 Å². The molecule has 0 radical (unpaired) electrons. The van der Waals surface area contributed by atoms with Crippen LogP contribution in [0.4, 0.5) is 0 Å². The molecule has 5 nitrogen and oxygen atoms in total. The van der Waals surface area contributed by atoms with Gasteiger partial charge in [-0.25, -0.2) is 8.42 Å². The molecule has 1 aliphatic rings. The lowest BCUT2D eigenvalue weighted by Crippen LogP contribution is -2.24. The quantitative estimate of drug-likeness (QED) is 0.652. The third kappa shape index (κ3) is 6.19. The van der Waals surface area contributed by atoms with E-state index in [0.717, 1.165) is 31.1 Å². The number of aliphatic hydroxyl groups excluding tert-OH is 1. The van der Waals surface area contributed by atoms with Gasteiger partial charge in [0.05, 0.1) is 23.9 Å². The van der Waals surface area contributed by atoms with Crippen LogP contribution in [0.1, 0.15) is 12.5 Å². The highest BCUT2D eigenvalue weighted by atomic mass is 35.5. The first-order chi connectivity index (χ1) is 13.9. The average Bonchev–Trinajstić information content (AvgIpc) is 3.05.